The molecule has 0 spiro atoms. The summed E-state index contributed by atoms with van der Waals surface area (Å²) < 4.78 is 5.27. The van der Waals surface area contributed by atoms with Crippen molar-refractivity contribution in [3.63, 3.8) is 0 Å². The number of nitro groups is 1. The average molecular weight is 417 g/mol. The van der Waals surface area contributed by atoms with E-state index in [1.807, 2.05) is 12.2 Å². The summed E-state index contributed by atoms with van der Waals surface area (Å²) in [5.41, 5.74) is 0.617. The second kappa shape index (κ2) is 11.5. The maximum absolute atomic E-state index is 12.7. The van der Waals surface area contributed by atoms with Gasteiger partial charge in [-0.1, -0.05) is 26.0 Å². The van der Waals surface area contributed by atoms with E-state index in [1.54, 1.807) is 17.0 Å². The van der Waals surface area contributed by atoms with Crippen LogP contribution in [0.2, 0.25) is 0 Å². The summed E-state index contributed by atoms with van der Waals surface area (Å²) >= 11 is 0. The minimum atomic E-state index is -0.450. The quantitative estimate of drug-likeness (QED) is 0.339. The molecule has 164 valence electrons. The van der Waals surface area contributed by atoms with Gasteiger partial charge in [0, 0.05) is 50.4 Å². The fourth-order valence-corrected chi connectivity index (χ4v) is 3.59. The molecule has 1 N–H and O–H groups in total. The van der Waals surface area contributed by atoms with Gasteiger partial charge in [0.2, 0.25) is 0 Å². The molecule has 2 rings (SSSR count). The second-order valence-corrected chi connectivity index (χ2v) is 7.62. The van der Waals surface area contributed by atoms with E-state index in [9.17, 15) is 14.9 Å². The number of nitrogens with zero attached hydrogens (tertiary/aromatic N) is 3. The van der Waals surface area contributed by atoms with Crippen LogP contribution >= 0.6 is 0 Å². The minimum Gasteiger partial charge on any atom is -0.378 e. The molecule has 1 unspecified atom stereocenters. The van der Waals surface area contributed by atoms with Crippen molar-refractivity contribution >= 4 is 17.3 Å². The van der Waals surface area contributed by atoms with Gasteiger partial charge in [-0.25, -0.2) is 0 Å². The molecule has 1 heterocycles. The molecule has 1 aromatic carbocycles. The predicted molar refractivity (Wildman–Crippen MR) is 119 cm³/mol. The van der Waals surface area contributed by atoms with Gasteiger partial charge in [0.25, 0.3) is 11.6 Å². The fourth-order valence-electron chi connectivity index (χ4n) is 3.59. The summed E-state index contributed by atoms with van der Waals surface area (Å²) in [4.78, 5) is 27.8. The van der Waals surface area contributed by atoms with Crippen molar-refractivity contribution in [3.8, 4) is 0 Å². The normalized spacial score (nSPS) is 15.1. The molecule has 1 fully saturated rings. The molecule has 0 saturated carbocycles. The molecule has 1 aliphatic heterocycles. The van der Waals surface area contributed by atoms with Gasteiger partial charge in [-0.15, -0.1) is 13.2 Å². The molecular formula is C22H32N4O4. The van der Waals surface area contributed by atoms with Crippen molar-refractivity contribution in [2.24, 2.45) is 5.92 Å². The van der Waals surface area contributed by atoms with Gasteiger partial charge in [0.1, 0.15) is 5.69 Å². The molecule has 0 bridgehead atoms. The van der Waals surface area contributed by atoms with Crippen LogP contribution < -0.4 is 5.32 Å². The molecule has 1 aromatic rings. The molecule has 1 amide bonds. The summed E-state index contributed by atoms with van der Waals surface area (Å²) in [7, 11) is 0. The predicted octanol–water partition coefficient (Wildman–Crippen LogP) is 3.18. The SMILES string of the molecule is C=CCN(CC=C)C(CNc1ccc(C(=O)N2CCOCC2)cc1[N+](=O)[O-])C(C)C. The topological polar surface area (TPSA) is 88.0 Å². The lowest BCUT2D eigenvalue weighted by molar-refractivity contribution is -0.384. The van der Waals surface area contributed by atoms with E-state index < -0.39 is 4.92 Å². The van der Waals surface area contributed by atoms with Crippen LogP contribution in [0.25, 0.3) is 0 Å². The third-order valence-corrected chi connectivity index (χ3v) is 5.21. The monoisotopic (exact) mass is 416 g/mol. The van der Waals surface area contributed by atoms with Gasteiger partial charge >= 0.3 is 0 Å². The number of carbonyl (C=O) groups excluding carboxylic acids is 1. The van der Waals surface area contributed by atoms with Crippen LogP contribution in [0.3, 0.4) is 0 Å². The Morgan fingerprint density at radius 1 is 1.30 bits per heavy atom. The zero-order valence-corrected chi connectivity index (χ0v) is 17.9. The van der Waals surface area contributed by atoms with Crippen molar-refractivity contribution in [1.29, 1.82) is 0 Å². The Balaban J connectivity index is 2.19. The van der Waals surface area contributed by atoms with Crippen molar-refractivity contribution in [2.75, 3.05) is 51.3 Å². The number of amides is 1. The first-order chi connectivity index (χ1) is 14.4. The van der Waals surface area contributed by atoms with Crippen LogP contribution in [0.5, 0.6) is 0 Å². The van der Waals surface area contributed by atoms with Crippen LogP contribution in [0.15, 0.2) is 43.5 Å². The summed E-state index contributed by atoms with van der Waals surface area (Å²) in [5, 5.41) is 14.9. The number of hydrogen-bond donors (Lipinski definition) is 1. The number of anilines is 1. The number of carbonyl (C=O) groups is 1. The highest BCUT2D eigenvalue weighted by Crippen LogP contribution is 2.27. The van der Waals surface area contributed by atoms with Crippen molar-refractivity contribution in [3.05, 3.63) is 59.2 Å². The minimum absolute atomic E-state index is 0.101. The van der Waals surface area contributed by atoms with E-state index in [-0.39, 0.29) is 17.6 Å². The first kappa shape index (κ1) is 23.6. The van der Waals surface area contributed by atoms with Gasteiger partial charge < -0.3 is 15.0 Å². The molecule has 1 aliphatic rings. The van der Waals surface area contributed by atoms with Crippen molar-refractivity contribution < 1.29 is 14.5 Å². The van der Waals surface area contributed by atoms with Crippen LogP contribution in [0, 0.1) is 16.0 Å². The Hall–Kier alpha value is -2.71. The summed E-state index contributed by atoms with van der Waals surface area (Å²) in [5.74, 6) is 0.106. The lowest BCUT2D eigenvalue weighted by Crippen LogP contribution is -2.44. The third-order valence-electron chi connectivity index (χ3n) is 5.21. The molecule has 0 radical (unpaired) electrons. The number of nitrogens with one attached hydrogen (secondary N) is 1. The van der Waals surface area contributed by atoms with Crippen molar-refractivity contribution in [1.82, 2.24) is 9.80 Å². The molecule has 1 atom stereocenters. The number of benzene rings is 1. The molecular weight excluding hydrogens is 384 g/mol. The molecule has 8 nitrogen and oxygen atoms in total. The third kappa shape index (κ3) is 6.14. The summed E-state index contributed by atoms with van der Waals surface area (Å²) in [6.07, 6.45) is 3.68. The van der Waals surface area contributed by atoms with E-state index >= 15 is 0 Å². The van der Waals surface area contributed by atoms with Gasteiger partial charge in [-0.05, 0) is 18.1 Å². The standard InChI is InChI=1S/C22H32N4O4/c1-5-9-24(10-6-2)21(17(3)4)16-23-19-8-7-18(15-20(19)26(28)29)22(27)25-11-13-30-14-12-25/h5-8,15,17,21,23H,1-2,9-14,16H2,3-4H3. The van der Waals surface area contributed by atoms with Gasteiger partial charge in [-0.2, -0.15) is 0 Å². The smallest absolute Gasteiger partial charge is 0.293 e. The zero-order valence-electron chi connectivity index (χ0n) is 17.9. The van der Waals surface area contributed by atoms with E-state index in [0.29, 0.717) is 63.1 Å². The molecule has 0 aliphatic carbocycles. The van der Waals surface area contributed by atoms with Crippen LogP contribution in [0.1, 0.15) is 24.2 Å². The first-order valence-electron chi connectivity index (χ1n) is 10.2. The number of ether oxygens (including phenoxy) is 1. The van der Waals surface area contributed by atoms with E-state index in [0.717, 1.165) is 0 Å². The van der Waals surface area contributed by atoms with Crippen LogP contribution in [-0.4, -0.2) is 72.6 Å². The molecule has 30 heavy (non-hydrogen) atoms. The Morgan fingerprint density at radius 2 is 1.93 bits per heavy atom. The van der Waals surface area contributed by atoms with Crippen molar-refractivity contribution in [2.45, 2.75) is 19.9 Å². The Bertz CT molecular complexity index is 750. The highest BCUT2D eigenvalue weighted by Gasteiger charge is 2.24. The van der Waals surface area contributed by atoms with Crippen LogP contribution in [-0.2, 0) is 4.74 Å². The summed E-state index contributed by atoms with van der Waals surface area (Å²) in [6.45, 7) is 15.7. The van der Waals surface area contributed by atoms with Gasteiger partial charge in [0.05, 0.1) is 18.1 Å². The lowest BCUT2D eigenvalue weighted by atomic mass is 10.0. The maximum atomic E-state index is 12.7. The van der Waals surface area contributed by atoms with E-state index in [4.69, 9.17) is 4.74 Å². The number of hydrogen-bond acceptors (Lipinski definition) is 6. The van der Waals surface area contributed by atoms with Crippen LogP contribution in [0.4, 0.5) is 11.4 Å². The van der Waals surface area contributed by atoms with E-state index in [2.05, 4.69) is 37.2 Å². The molecule has 0 aromatic heterocycles. The Labute approximate surface area is 178 Å². The lowest BCUT2D eigenvalue weighted by Gasteiger charge is -2.33. The average Bonchev–Trinajstić information content (AvgIpc) is 2.74. The number of nitro benzene ring substituents is 1. The molecule has 1 saturated heterocycles. The van der Waals surface area contributed by atoms with E-state index in [1.165, 1.54) is 6.07 Å². The highest BCUT2D eigenvalue weighted by molar-refractivity contribution is 5.95. The Kier molecular flexibility index (Phi) is 9.01. The molecule has 8 heteroatoms. The highest BCUT2D eigenvalue weighted by atomic mass is 16.6. The summed E-state index contributed by atoms with van der Waals surface area (Å²) in [6, 6.07) is 4.75. The zero-order chi connectivity index (χ0) is 22.1. The van der Waals surface area contributed by atoms with Gasteiger partial charge in [-0.3, -0.25) is 19.8 Å². The maximum Gasteiger partial charge on any atom is 0.293 e. The number of rotatable bonds is 11. The largest absolute Gasteiger partial charge is 0.378 e. The van der Waals surface area contributed by atoms with Gasteiger partial charge in [0.15, 0.2) is 0 Å². The number of morpholine rings is 1. The first-order valence-corrected chi connectivity index (χ1v) is 10.2. The Morgan fingerprint density at radius 3 is 2.47 bits per heavy atom. The second-order valence-electron chi connectivity index (χ2n) is 7.62. The fraction of sp³-hybridized carbons (Fsp3) is 0.500.